The molecule has 0 bridgehead atoms. The molecule has 0 N–H and O–H groups in total. The molecule has 0 rings (SSSR count). The van der Waals surface area contributed by atoms with Gasteiger partial charge in [-0.3, -0.25) is 19.2 Å². The Morgan fingerprint density at radius 1 is 0.756 bits per heavy atom. The molecule has 9 nitrogen and oxygen atoms in total. The van der Waals surface area contributed by atoms with E-state index in [0.29, 0.717) is 19.4 Å². The molecule has 41 heavy (non-hydrogen) atoms. The van der Waals surface area contributed by atoms with Crippen LogP contribution in [-0.4, -0.2) is 97.3 Å². The topological polar surface area (TPSA) is 108 Å². The molecule has 0 heterocycles. The quantitative estimate of drug-likeness (QED) is 0.116. The second-order valence-electron chi connectivity index (χ2n) is 12.4. The van der Waals surface area contributed by atoms with Gasteiger partial charge in [-0.1, -0.05) is 27.7 Å². The van der Waals surface area contributed by atoms with Crippen LogP contribution in [0.15, 0.2) is 0 Å². The zero-order valence-electron chi connectivity index (χ0n) is 27.1. The van der Waals surface area contributed by atoms with E-state index >= 15 is 0 Å². The maximum Gasteiger partial charge on any atom is 0.225 e. The summed E-state index contributed by atoms with van der Waals surface area (Å²) in [5.41, 5.74) is -1.82. The lowest BCUT2D eigenvalue weighted by atomic mass is 9.97. The van der Waals surface area contributed by atoms with Gasteiger partial charge in [0.25, 0.3) is 0 Å². The highest BCUT2D eigenvalue weighted by Crippen LogP contribution is 2.25. The third-order valence-corrected chi connectivity index (χ3v) is 6.83. The van der Waals surface area contributed by atoms with Gasteiger partial charge in [0.05, 0.1) is 58.3 Å². The summed E-state index contributed by atoms with van der Waals surface area (Å²) in [6.07, 6.45) is 2.57. The average Bonchev–Trinajstić information content (AvgIpc) is 2.88. The third kappa shape index (κ3) is 18.1. The highest BCUT2D eigenvalue weighted by atomic mass is 32.1. The summed E-state index contributed by atoms with van der Waals surface area (Å²) in [6, 6.07) is 0. The first-order valence-electron chi connectivity index (χ1n) is 14.9. The second kappa shape index (κ2) is 19.8. The molecule has 0 aromatic heterocycles. The van der Waals surface area contributed by atoms with Crippen molar-refractivity contribution in [1.82, 2.24) is 4.90 Å². The van der Waals surface area contributed by atoms with Crippen molar-refractivity contribution in [3.8, 4) is 0 Å². The van der Waals surface area contributed by atoms with Gasteiger partial charge in [0.15, 0.2) is 0 Å². The number of nitrogens with zero attached hydrogens (tertiary/aromatic N) is 1. The van der Waals surface area contributed by atoms with Gasteiger partial charge in [-0.25, -0.2) is 0 Å². The van der Waals surface area contributed by atoms with E-state index in [-0.39, 0.29) is 99.2 Å². The zero-order chi connectivity index (χ0) is 31.7. The van der Waals surface area contributed by atoms with E-state index in [2.05, 4.69) is 12.6 Å². The first kappa shape index (κ1) is 39.7. The van der Waals surface area contributed by atoms with E-state index < -0.39 is 11.1 Å². The number of carbonyl (C=O) groups excluding carboxylic acids is 4. The molecule has 0 spiro atoms. The maximum atomic E-state index is 13.7. The normalized spacial score (nSPS) is 13.7. The number of ketones is 3. The zero-order valence-corrected chi connectivity index (χ0v) is 28.0. The van der Waals surface area contributed by atoms with Gasteiger partial charge < -0.3 is 23.8 Å². The standard InChI is InChI=1S/C31H57NO8S/c1-10-12-26(34)14-17-38-22-31(21-37-16-13-25(33)11-2,23-39-18-15-27(35)24(3)4)32(9)28(36)19-29(5,6)40-20-30(7,8)41/h24,41H,10-23H2,1-9H3. The summed E-state index contributed by atoms with van der Waals surface area (Å²) in [7, 11) is 1.68. The Morgan fingerprint density at radius 2 is 1.24 bits per heavy atom. The predicted octanol–water partition coefficient (Wildman–Crippen LogP) is 4.87. The number of likely N-dealkylation sites (N-methyl/N-ethyl adjacent to an activating group) is 1. The van der Waals surface area contributed by atoms with Crippen LogP contribution in [0.5, 0.6) is 0 Å². The van der Waals surface area contributed by atoms with Crippen LogP contribution in [0.25, 0.3) is 0 Å². The number of thiol groups is 1. The minimum atomic E-state index is -1.06. The van der Waals surface area contributed by atoms with E-state index in [1.165, 1.54) is 0 Å². The lowest BCUT2D eigenvalue weighted by Crippen LogP contribution is -2.60. The molecular formula is C31H57NO8S. The van der Waals surface area contributed by atoms with Crippen molar-refractivity contribution < 1.29 is 38.1 Å². The Morgan fingerprint density at radius 3 is 1.68 bits per heavy atom. The van der Waals surface area contributed by atoms with Crippen LogP contribution in [0.2, 0.25) is 0 Å². The molecule has 0 saturated carbocycles. The van der Waals surface area contributed by atoms with Crippen molar-refractivity contribution in [3.05, 3.63) is 0 Å². The molecule has 1 amide bonds. The average molecular weight is 604 g/mol. The molecule has 1 unspecified atom stereocenters. The lowest BCUT2D eigenvalue weighted by molar-refractivity contribution is -0.156. The van der Waals surface area contributed by atoms with Gasteiger partial charge in [0, 0.05) is 49.8 Å². The van der Waals surface area contributed by atoms with Gasteiger partial charge in [0.2, 0.25) is 5.91 Å². The number of rotatable bonds is 25. The van der Waals surface area contributed by atoms with Crippen LogP contribution in [0.3, 0.4) is 0 Å². The monoisotopic (exact) mass is 603 g/mol. The summed E-state index contributed by atoms with van der Waals surface area (Å²) in [6.45, 7) is 16.2. The Balaban J connectivity index is 5.88. The van der Waals surface area contributed by atoms with E-state index in [1.807, 2.05) is 48.5 Å². The highest BCUT2D eigenvalue weighted by Gasteiger charge is 2.41. The SMILES string of the molecule is CCCC(=O)CCOCC(COCCC(=O)CC)(COCCC(=O)C(C)C)N(C)C(=O)CC(C)(C)OCC(C)(C)S. The first-order chi connectivity index (χ1) is 19.0. The molecular weight excluding hydrogens is 546 g/mol. The van der Waals surface area contributed by atoms with Gasteiger partial charge in [-0.05, 0) is 34.1 Å². The maximum absolute atomic E-state index is 13.7. The predicted molar refractivity (Wildman–Crippen MR) is 165 cm³/mol. The molecule has 0 aliphatic rings. The molecule has 0 radical (unpaired) electrons. The smallest absolute Gasteiger partial charge is 0.225 e. The fourth-order valence-corrected chi connectivity index (χ4v) is 3.85. The Bertz CT molecular complexity index is 808. The van der Waals surface area contributed by atoms with E-state index in [0.717, 1.165) is 6.42 Å². The molecule has 0 aromatic rings. The van der Waals surface area contributed by atoms with Crippen LogP contribution in [-0.2, 0) is 38.1 Å². The number of hydrogen-bond donors (Lipinski definition) is 1. The van der Waals surface area contributed by atoms with Crippen LogP contribution < -0.4 is 0 Å². The van der Waals surface area contributed by atoms with E-state index in [1.54, 1.807) is 18.9 Å². The molecule has 0 saturated heterocycles. The molecule has 1 atom stereocenters. The molecule has 0 aromatic carbocycles. The highest BCUT2D eigenvalue weighted by molar-refractivity contribution is 7.81. The molecule has 0 aliphatic carbocycles. The number of carbonyl (C=O) groups is 4. The van der Waals surface area contributed by atoms with Crippen LogP contribution in [0.4, 0.5) is 0 Å². The minimum Gasteiger partial charge on any atom is -0.378 e. The fourth-order valence-electron chi connectivity index (χ4n) is 3.79. The molecule has 0 aliphatic heterocycles. The van der Waals surface area contributed by atoms with Gasteiger partial charge in [-0.15, -0.1) is 0 Å². The first-order valence-corrected chi connectivity index (χ1v) is 15.4. The van der Waals surface area contributed by atoms with Crippen molar-refractivity contribution in [2.45, 2.75) is 116 Å². The van der Waals surface area contributed by atoms with Crippen LogP contribution >= 0.6 is 12.6 Å². The van der Waals surface area contributed by atoms with Crippen molar-refractivity contribution in [1.29, 1.82) is 0 Å². The molecule has 0 fully saturated rings. The Hall–Kier alpha value is -1.33. The van der Waals surface area contributed by atoms with Gasteiger partial charge in [0.1, 0.15) is 22.9 Å². The van der Waals surface area contributed by atoms with Gasteiger partial charge >= 0.3 is 0 Å². The van der Waals surface area contributed by atoms with Crippen molar-refractivity contribution in [2.75, 3.05) is 53.3 Å². The van der Waals surface area contributed by atoms with Crippen molar-refractivity contribution >= 4 is 35.9 Å². The Labute approximate surface area is 254 Å². The summed E-state index contributed by atoms with van der Waals surface area (Å²) < 4.78 is 23.6. The molecule has 10 heteroatoms. The number of hydrogen-bond acceptors (Lipinski definition) is 9. The lowest BCUT2D eigenvalue weighted by Gasteiger charge is -2.42. The summed E-state index contributed by atoms with van der Waals surface area (Å²) in [4.78, 5) is 51.3. The number of amides is 1. The summed E-state index contributed by atoms with van der Waals surface area (Å²) >= 11 is 4.52. The van der Waals surface area contributed by atoms with Crippen LogP contribution in [0, 0.1) is 5.92 Å². The number of ether oxygens (including phenoxy) is 4. The number of Topliss-reactive ketones (excluding diaryl/α,β-unsaturated/α-hetero) is 3. The summed E-state index contributed by atoms with van der Waals surface area (Å²) in [5.74, 6) is -0.00854. The second-order valence-corrected chi connectivity index (χ2v) is 13.6. The van der Waals surface area contributed by atoms with Crippen LogP contribution in [0.1, 0.15) is 100 Å². The van der Waals surface area contributed by atoms with Gasteiger partial charge in [-0.2, -0.15) is 12.6 Å². The van der Waals surface area contributed by atoms with Crippen molar-refractivity contribution in [2.24, 2.45) is 5.92 Å². The molecule has 240 valence electrons. The van der Waals surface area contributed by atoms with E-state index in [9.17, 15) is 19.2 Å². The minimum absolute atomic E-state index is 0.0518. The largest absolute Gasteiger partial charge is 0.378 e. The Kier molecular flexibility index (Phi) is 19.1. The fraction of sp³-hybridized carbons (Fsp3) is 0.871. The third-order valence-electron chi connectivity index (χ3n) is 6.70. The van der Waals surface area contributed by atoms with E-state index in [4.69, 9.17) is 18.9 Å². The van der Waals surface area contributed by atoms with Crippen molar-refractivity contribution in [3.63, 3.8) is 0 Å². The summed E-state index contributed by atoms with van der Waals surface area (Å²) in [5, 5.41) is 0.